The van der Waals surface area contributed by atoms with E-state index in [1.54, 1.807) is 0 Å². The van der Waals surface area contributed by atoms with Crippen LogP contribution in [0, 0.1) is 0 Å². The van der Waals surface area contributed by atoms with Crippen molar-refractivity contribution in [1.82, 2.24) is 0 Å². The lowest BCUT2D eigenvalue weighted by molar-refractivity contribution is -0.166. The van der Waals surface area contributed by atoms with Crippen molar-refractivity contribution in [2.45, 2.75) is 19.4 Å². The Balaban J connectivity index is 3.92. The second-order valence-corrected chi connectivity index (χ2v) is 2.50. The van der Waals surface area contributed by atoms with Crippen molar-refractivity contribution in [3.05, 3.63) is 0 Å². The second kappa shape index (κ2) is 3.34. The molecule has 0 bridgehead atoms. The lowest BCUT2D eigenvalue weighted by atomic mass is 10.1. The van der Waals surface area contributed by atoms with Gasteiger partial charge in [0.1, 0.15) is 6.61 Å². The zero-order valence-electron chi connectivity index (χ0n) is 6.33. The Bertz CT molecular complexity index is 172. The molecular weight excluding hydrogens is 152 g/mol. The summed E-state index contributed by atoms with van der Waals surface area (Å²) in [7, 11) is 0. The summed E-state index contributed by atoms with van der Waals surface area (Å²) < 4.78 is 4.55. The summed E-state index contributed by atoms with van der Waals surface area (Å²) in [6.07, 6.45) is 0. The highest BCUT2D eigenvalue weighted by Gasteiger charge is 2.28. The predicted molar refractivity (Wildman–Crippen MR) is 35.3 cm³/mol. The Morgan fingerprint density at radius 1 is 1.36 bits per heavy atom. The van der Waals surface area contributed by atoms with E-state index in [-0.39, 0.29) is 0 Å². The quantitative estimate of drug-likeness (QED) is 0.605. The van der Waals surface area contributed by atoms with Crippen molar-refractivity contribution in [3.8, 4) is 0 Å². The standard InChI is InChI=1S/C6H10O5/c1-6(2,5(9)10)11-3-4(7)8/h3H2,1-2H3,(H,7,8)(H,9,10). The number of carboxylic acid groups (broad SMARTS) is 2. The first-order chi connectivity index (χ1) is 4.86. The first kappa shape index (κ1) is 9.90. The summed E-state index contributed by atoms with van der Waals surface area (Å²) >= 11 is 0. The number of carbonyl (C=O) groups is 2. The van der Waals surface area contributed by atoms with E-state index >= 15 is 0 Å². The first-order valence-corrected chi connectivity index (χ1v) is 2.95. The Labute approximate surface area is 63.6 Å². The Morgan fingerprint density at radius 2 is 1.82 bits per heavy atom. The van der Waals surface area contributed by atoms with Crippen LogP contribution >= 0.6 is 0 Å². The summed E-state index contributed by atoms with van der Waals surface area (Å²) in [5.41, 5.74) is -1.43. The lowest BCUT2D eigenvalue weighted by Crippen LogP contribution is -2.36. The van der Waals surface area contributed by atoms with Gasteiger partial charge in [0.15, 0.2) is 5.60 Å². The van der Waals surface area contributed by atoms with Gasteiger partial charge >= 0.3 is 11.9 Å². The third-order valence-electron chi connectivity index (χ3n) is 1.07. The fraction of sp³-hybridized carbons (Fsp3) is 0.667. The van der Waals surface area contributed by atoms with Crippen LogP contribution in [0.3, 0.4) is 0 Å². The van der Waals surface area contributed by atoms with Crippen LogP contribution in [0.25, 0.3) is 0 Å². The molecule has 0 aromatic heterocycles. The third kappa shape index (κ3) is 3.57. The van der Waals surface area contributed by atoms with Crippen molar-refractivity contribution in [2.75, 3.05) is 6.61 Å². The van der Waals surface area contributed by atoms with Crippen LogP contribution in [0.15, 0.2) is 0 Å². The van der Waals surface area contributed by atoms with Gasteiger partial charge in [-0.1, -0.05) is 0 Å². The van der Waals surface area contributed by atoms with E-state index in [9.17, 15) is 9.59 Å². The molecule has 0 aliphatic heterocycles. The molecule has 0 fully saturated rings. The molecule has 0 heterocycles. The molecule has 0 atom stereocenters. The van der Waals surface area contributed by atoms with Crippen molar-refractivity contribution >= 4 is 11.9 Å². The number of ether oxygens (including phenoxy) is 1. The van der Waals surface area contributed by atoms with E-state index in [0.29, 0.717) is 0 Å². The van der Waals surface area contributed by atoms with Crippen LogP contribution in [0.2, 0.25) is 0 Å². The number of rotatable bonds is 4. The van der Waals surface area contributed by atoms with Gasteiger partial charge in [-0.25, -0.2) is 9.59 Å². The van der Waals surface area contributed by atoms with Crippen LogP contribution in [-0.4, -0.2) is 34.4 Å². The van der Waals surface area contributed by atoms with Gasteiger partial charge < -0.3 is 14.9 Å². The summed E-state index contributed by atoms with van der Waals surface area (Å²) in [6.45, 7) is 1.98. The van der Waals surface area contributed by atoms with Gasteiger partial charge in [-0.15, -0.1) is 0 Å². The van der Waals surface area contributed by atoms with E-state index in [4.69, 9.17) is 10.2 Å². The summed E-state index contributed by atoms with van der Waals surface area (Å²) in [4.78, 5) is 20.3. The molecule has 2 N–H and O–H groups in total. The maximum Gasteiger partial charge on any atom is 0.335 e. The molecule has 0 spiro atoms. The maximum atomic E-state index is 10.3. The lowest BCUT2D eigenvalue weighted by Gasteiger charge is -2.18. The largest absolute Gasteiger partial charge is 0.480 e. The average molecular weight is 162 g/mol. The molecule has 11 heavy (non-hydrogen) atoms. The molecule has 0 unspecified atom stereocenters. The zero-order chi connectivity index (χ0) is 9.07. The Morgan fingerprint density at radius 3 is 2.09 bits per heavy atom. The van der Waals surface area contributed by atoms with Crippen molar-refractivity contribution < 1.29 is 24.5 Å². The molecule has 0 rings (SSSR count). The molecule has 5 nitrogen and oxygen atoms in total. The molecule has 0 aromatic rings. The SMILES string of the molecule is CC(C)(OCC(=O)O)C(=O)O. The highest BCUT2D eigenvalue weighted by atomic mass is 16.5. The molecule has 64 valence electrons. The Hall–Kier alpha value is -1.10. The minimum absolute atomic E-state index is 0.598. The second-order valence-electron chi connectivity index (χ2n) is 2.50. The fourth-order valence-electron chi connectivity index (χ4n) is 0.304. The van der Waals surface area contributed by atoms with Crippen LogP contribution in [-0.2, 0) is 14.3 Å². The predicted octanol–water partition coefficient (Wildman–Crippen LogP) is -0.0492. The van der Waals surface area contributed by atoms with Gasteiger partial charge in [0.25, 0.3) is 0 Å². The van der Waals surface area contributed by atoms with Crippen LogP contribution in [0.1, 0.15) is 13.8 Å². The number of aliphatic carboxylic acids is 2. The van der Waals surface area contributed by atoms with Gasteiger partial charge in [0.2, 0.25) is 0 Å². The number of hydrogen-bond donors (Lipinski definition) is 2. The van der Waals surface area contributed by atoms with Gasteiger partial charge in [0, 0.05) is 0 Å². The van der Waals surface area contributed by atoms with Crippen molar-refractivity contribution in [1.29, 1.82) is 0 Å². The molecule has 0 aliphatic rings. The van der Waals surface area contributed by atoms with E-state index in [1.165, 1.54) is 13.8 Å². The molecular formula is C6H10O5. The molecule has 0 aromatic carbocycles. The summed E-state index contributed by atoms with van der Waals surface area (Å²) in [5, 5.41) is 16.6. The van der Waals surface area contributed by atoms with E-state index in [2.05, 4.69) is 4.74 Å². The minimum atomic E-state index is -1.43. The van der Waals surface area contributed by atoms with Crippen molar-refractivity contribution in [3.63, 3.8) is 0 Å². The van der Waals surface area contributed by atoms with Crippen molar-refractivity contribution in [2.24, 2.45) is 0 Å². The molecule has 0 radical (unpaired) electrons. The molecule has 0 aliphatic carbocycles. The number of carboxylic acids is 2. The first-order valence-electron chi connectivity index (χ1n) is 2.95. The monoisotopic (exact) mass is 162 g/mol. The van der Waals surface area contributed by atoms with Crippen LogP contribution in [0.4, 0.5) is 0 Å². The minimum Gasteiger partial charge on any atom is -0.480 e. The molecule has 5 heteroatoms. The Kier molecular flexibility index (Phi) is 3.00. The van der Waals surface area contributed by atoms with E-state index in [0.717, 1.165) is 0 Å². The third-order valence-corrected chi connectivity index (χ3v) is 1.07. The van der Waals surface area contributed by atoms with Gasteiger partial charge in [-0.3, -0.25) is 0 Å². The van der Waals surface area contributed by atoms with Crippen LogP contribution < -0.4 is 0 Å². The highest BCUT2D eigenvalue weighted by molar-refractivity contribution is 5.77. The summed E-state index contributed by atoms with van der Waals surface area (Å²) in [6, 6.07) is 0. The average Bonchev–Trinajstić information content (AvgIpc) is 1.84. The topological polar surface area (TPSA) is 83.8 Å². The van der Waals surface area contributed by atoms with Gasteiger partial charge in [-0.2, -0.15) is 0 Å². The summed E-state index contributed by atoms with van der Waals surface area (Å²) in [5.74, 6) is -2.36. The van der Waals surface area contributed by atoms with Gasteiger partial charge in [-0.05, 0) is 13.8 Å². The van der Waals surface area contributed by atoms with E-state index < -0.39 is 24.1 Å². The fourth-order valence-corrected chi connectivity index (χ4v) is 0.304. The maximum absolute atomic E-state index is 10.3. The highest BCUT2D eigenvalue weighted by Crippen LogP contribution is 2.07. The van der Waals surface area contributed by atoms with Crippen LogP contribution in [0.5, 0.6) is 0 Å². The number of hydrogen-bond acceptors (Lipinski definition) is 3. The molecule has 0 saturated heterocycles. The molecule has 0 amide bonds. The normalized spacial score (nSPS) is 11.1. The smallest absolute Gasteiger partial charge is 0.335 e. The molecule has 0 saturated carbocycles. The van der Waals surface area contributed by atoms with Gasteiger partial charge in [0.05, 0.1) is 0 Å². The zero-order valence-corrected chi connectivity index (χ0v) is 6.33. The van der Waals surface area contributed by atoms with E-state index in [1.807, 2.05) is 0 Å².